The minimum atomic E-state index is -0.260. The van der Waals surface area contributed by atoms with Crippen LogP contribution in [0.5, 0.6) is 0 Å². The first-order valence-electron chi connectivity index (χ1n) is 6.47. The molecule has 1 aliphatic heterocycles. The molecule has 1 saturated heterocycles. The monoisotopic (exact) mass is 260 g/mol. The quantitative estimate of drug-likeness (QED) is 0.819. The fraction of sp³-hybridized carbons (Fsp3) is 0.462. The highest BCUT2D eigenvalue weighted by Gasteiger charge is 2.24. The van der Waals surface area contributed by atoms with Crippen molar-refractivity contribution in [2.45, 2.75) is 25.8 Å². The van der Waals surface area contributed by atoms with Gasteiger partial charge in [0.2, 0.25) is 0 Å². The summed E-state index contributed by atoms with van der Waals surface area (Å²) in [6.45, 7) is 2.90. The average Bonchev–Trinajstić information content (AvgIpc) is 2.83. The molecule has 3 rings (SSSR count). The fourth-order valence-electron chi connectivity index (χ4n) is 2.52. The van der Waals surface area contributed by atoms with Gasteiger partial charge in [-0.25, -0.2) is 4.68 Å². The highest BCUT2D eigenvalue weighted by Crippen LogP contribution is 2.25. The van der Waals surface area contributed by atoms with Crippen molar-refractivity contribution < 1.29 is 9.63 Å². The molecule has 100 valence electrons. The second kappa shape index (κ2) is 4.97. The number of hydroxylamine groups is 2. The summed E-state index contributed by atoms with van der Waals surface area (Å²) in [5.41, 5.74) is 1.98. The summed E-state index contributed by atoms with van der Waals surface area (Å²) >= 11 is 0. The number of aromatic nitrogens is 3. The van der Waals surface area contributed by atoms with Crippen molar-refractivity contribution in [1.29, 1.82) is 0 Å². The summed E-state index contributed by atoms with van der Waals surface area (Å²) < 4.78 is 1.99. The molecule has 19 heavy (non-hydrogen) atoms. The third-order valence-electron chi connectivity index (χ3n) is 3.40. The molecule has 0 spiro atoms. The number of benzene rings is 1. The van der Waals surface area contributed by atoms with Gasteiger partial charge in [0.1, 0.15) is 5.52 Å². The Morgan fingerprint density at radius 1 is 1.32 bits per heavy atom. The Morgan fingerprint density at radius 3 is 2.79 bits per heavy atom. The molecule has 1 aromatic heterocycles. The van der Waals surface area contributed by atoms with Gasteiger partial charge in [0.15, 0.2) is 0 Å². The van der Waals surface area contributed by atoms with Crippen LogP contribution in [0.1, 0.15) is 25.8 Å². The number of carbonyl (C=O) groups is 1. The van der Waals surface area contributed by atoms with E-state index in [2.05, 4.69) is 10.3 Å². The molecule has 0 unspecified atom stereocenters. The first kappa shape index (κ1) is 12.1. The van der Waals surface area contributed by atoms with Crippen LogP contribution in [-0.4, -0.2) is 39.1 Å². The molecule has 6 nitrogen and oxygen atoms in total. The minimum absolute atomic E-state index is 0.260. The van der Waals surface area contributed by atoms with Gasteiger partial charge in [0.05, 0.1) is 11.6 Å². The molecule has 0 atom stereocenters. The van der Waals surface area contributed by atoms with Crippen molar-refractivity contribution in [3.63, 3.8) is 0 Å². The number of carbonyl (C=O) groups excluding carboxylic acids is 1. The van der Waals surface area contributed by atoms with Gasteiger partial charge in [0, 0.05) is 20.0 Å². The van der Waals surface area contributed by atoms with Crippen molar-refractivity contribution in [2.75, 3.05) is 13.1 Å². The molecule has 0 aliphatic carbocycles. The molecule has 0 saturated carbocycles. The molecular formula is C13H16N4O2. The van der Waals surface area contributed by atoms with Crippen molar-refractivity contribution >= 4 is 17.0 Å². The second-order valence-corrected chi connectivity index (χ2v) is 4.77. The SMILES string of the molecule is CC(=O)ON1CCC(n2nnc3ccccc32)CC1. The van der Waals surface area contributed by atoms with E-state index in [-0.39, 0.29) is 5.97 Å². The van der Waals surface area contributed by atoms with E-state index in [0.29, 0.717) is 6.04 Å². The third kappa shape index (κ3) is 2.44. The molecule has 6 heteroatoms. The Bertz CT molecular complexity index is 587. The third-order valence-corrected chi connectivity index (χ3v) is 3.40. The lowest BCUT2D eigenvalue weighted by Gasteiger charge is -2.30. The highest BCUT2D eigenvalue weighted by molar-refractivity contribution is 5.73. The number of rotatable bonds is 2. The molecule has 2 heterocycles. The van der Waals surface area contributed by atoms with E-state index >= 15 is 0 Å². The van der Waals surface area contributed by atoms with Gasteiger partial charge in [-0.2, -0.15) is 0 Å². The predicted molar refractivity (Wildman–Crippen MR) is 69.1 cm³/mol. The summed E-state index contributed by atoms with van der Waals surface area (Å²) in [4.78, 5) is 16.0. The van der Waals surface area contributed by atoms with Crippen LogP contribution in [0.15, 0.2) is 24.3 Å². The van der Waals surface area contributed by atoms with E-state index in [1.54, 1.807) is 5.06 Å². The Labute approximate surface area is 110 Å². The molecule has 1 fully saturated rings. The average molecular weight is 260 g/mol. The maximum atomic E-state index is 10.9. The lowest BCUT2D eigenvalue weighted by Crippen LogP contribution is -2.36. The summed E-state index contributed by atoms with van der Waals surface area (Å²) in [5.74, 6) is -0.260. The van der Waals surface area contributed by atoms with Gasteiger partial charge in [-0.3, -0.25) is 4.79 Å². The summed E-state index contributed by atoms with van der Waals surface area (Å²) in [7, 11) is 0. The lowest BCUT2D eigenvalue weighted by molar-refractivity contribution is -0.193. The molecule has 1 aliphatic rings. The van der Waals surface area contributed by atoms with Gasteiger partial charge in [0.25, 0.3) is 0 Å². The number of nitrogens with zero attached hydrogens (tertiary/aromatic N) is 4. The minimum Gasteiger partial charge on any atom is -0.368 e. The molecule has 0 amide bonds. The maximum absolute atomic E-state index is 10.9. The zero-order valence-electron chi connectivity index (χ0n) is 10.8. The van der Waals surface area contributed by atoms with Crippen LogP contribution in [0.2, 0.25) is 0 Å². The maximum Gasteiger partial charge on any atom is 0.322 e. The van der Waals surface area contributed by atoms with Gasteiger partial charge >= 0.3 is 5.97 Å². The standard InChI is InChI=1S/C13H16N4O2/c1-10(18)19-16-8-6-11(7-9-16)17-13-5-3-2-4-12(13)14-15-17/h2-5,11H,6-9H2,1H3. The number of piperidine rings is 1. The summed E-state index contributed by atoms with van der Waals surface area (Å²) in [6.07, 6.45) is 1.81. The molecular weight excluding hydrogens is 244 g/mol. The topological polar surface area (TPSA) is 60.2 Å². The molecule has 0 bridgehead atoms. The largest absolute Gasteiger partial charge is 0.368 e. The van der Waals surface area contributed by atoms with E-state index in [4.69, 9.17) is 4.84 Å². The first-order valence-corrected chi connectivity index (χ1v) is 6.47. The van der Waals surface area contributed by atoms with Crippen molar-refractivity contribution in [3.05, 3.63) is 24.3 Å². The number of hydrogen-bond acceptors (Lipinski definition) is 5. The Kier molecular flexibility index (Phi) is 3.16. The van der Waals surface area contributed by atoms with Crippen LogP contribution < -0.4 is 0 Å². The van der Waals surface area contributed by atoms with Crippen molar-refractivity contribution in [3.8, 4) is 0 Å². The number of fused-ring (bicyclic) bond motifs is 1. The lowest BCUT2D eigenvalue weighted by atomic mass is 10.1. The molecule has 0 N–H and O–H groups in total. The fourth-order valence-corrected chi connectivity index (χ4v) is 2.52. The van der Waals surface area contributed by atoms with E-state index < -0.39 is 0 Å². The van der Waals surface area contributed by atoms with Crippen molar-refractivity contribution in [2.24, 2.45) is 0 Å². The smallest absolute Gasteiger partial charge is 0.322 e. The van der Waals surface area contributed by atoms with Crippen LogP contribution in [0.3, 0.4) is 0 Å². The van der Waals surface area contributed by atoms with Gasteiger partial charge in [-0.1, -0.05) is 17.3 Å². The Balaban J connectivity index is 1.73. The van der Waals surface area contributed by atoms with E-state index in [9.17, 15) is 4.79 Å². The van der Waals surface area contributed by atoms with Gasteiger partial charge < -0.3 is 4.84 Å². The van der Waals surface area contributed by atoms with Gasteiger partial charge in [-0.15, -0.1) is 10.2 Å². The zero-order chi connectivity index (χ0) is 13.2. The number of hydrogen-bond donors (Lipinski definition) is 0. The summed E-state index contributed by atoms with van der Waals surface area (Å²) in [6, 6.07) is 8.28. The number of para-hydroxylation sites is 1. The first-order chi connectivity index (χ1) is 9.24. The normalized spacial score (nSPS) is 17.7. The summed E-state index contributed by atoms with van der Waals surface area (Å²) in [5, 5.41) is 10.1. The Hall–Kier alpha value is -1.95. The van der Waals surface area contributed by atoms with Crippen LogP contribution in [-0.2, 0) is 9.63 Å². The highest BCUT2D eigenvalue weighted by atomic mass is 16.7. The molecule has 0 radical (unpaired) electrons. The molecule has 2 aromatic rings. The van der Waals surface area contributed by atoms with E-state index in [0.717, 1.165) is 37.0 Å². The van der Waals surface area contributed by atoms with Crippen LogP contribution in [0, 0.1) is 0 Å². The van der Waals surface area contributed by atoms with Crippen LogP contribution in [0.25, 0.3) is 11.0 Å². The Morgan fingerprint density at radius 2 is 2.05 bits per heavy atom. The van der Waals surface area contributed by atoms with E-state index in [1.165, 1.54) is 6.92 Å². The second-order valence-electron chi connectivity index (χ2n) is 4.77. The van der Waals surface area contributed by atoms with Crippen LogP contribution >= 0.6 is 0 Å². The van der Waals surface area contributed by atoms with Crippen LogP contribution in [0.4, 0.5) is 0 Å². The zero-order valence-corrected chi connectivity index (χ0v) is 10.8. The van der Waals surface area contributed by atoms with Gasteiger partial charge in [-0.05, 0) is 25.0 Å². The molecule has 1 aromatic carbocycles. The van der Waals surface area contributed by atoms with Crippen molar-refractivity contribution in [1.82, 2.24) is 20.1 Å². The van der Waals surface area contributed by atoms with E-state index in [1.807, 2.05) is 28.9 Å². The predicted octanol–water partition coefficient (Wildman–Crippen LogP) is 1.55.